The third-order valence-electron chi connectivity index (χ3n) is 7.23. The standard InChI is InChI=1S/C31H33FN4O3S/c1-34-27-21-23(6-13-28(27)40-29(31(34)38)20-22-4-11-26(39-2)12-5-22)30(37)33-14-3-15-35-16-18-36(19-17-35)25-9-7-24(32)8-10-25/h4-13,20-21H,3,14-19H2,1-2H3,(H,33,37). The first-order valence-corrected chi connectivity index (χ1v) is 14.2. The number of rotatable bonds is 8. The zero-order chi connectivity index (χ0) is 28.1. The molecule has 0 saturated carbocycles. The molecule has 0 aromatic heterocycles. The summed E-state index contributed by atoms with van der Waals surface area (Å²) in [6.45, 7) is 5.14. The Labute approximate surface area is 238 Å². The van der Waals surface area contributed by atoms with Crippen LogP contribution in [0.3, 0.4) is 0 Å². The van der Waals surface area contributed by atoms with E-state index < -0.39 is 0 Å². The summed E-state index contributed by atoms with van der Waals surface area (Å²) in [5.41, 5.74) is 3.23. The van der Waals surface area contributed by atoms with Gasteiger partial charge in [-0.1, -0.05) is 23.9 Å². The number of benzene rings is 3. The summed E-state index contributed by atoms with van der Waals surface area (Å²) in [5, 5.41) is 3.02. The lowest BCUT2D eigenvalue weighted by Crippen LogP contribution is -2.47. The molecular weight excluding hydrogens is 527 g/mol. The van der Waals surface area contributed by atoms with Crippen molar-refractivity contribution in [1.29, 1.82) is 0 Å². The van der Waals surface area contributed by atoms with E-state index in [9.17, 15) is 14.0 Å². The summed E-state index contributed by atoms with van der Waals surface area (Å²) in [5.74, 6) is 0.297. The number of nitrogens with one attached hydrogen (secondary N) is 1. The Balaban J connectivity index is 1.11. The SMILES string of the molecule is COc1ccc(C=C2Sc3ccc(C(=O)NCCCN4CCN(c5ccc(F)cc5)CC4)cc3N(C)C2=O)cc1. The quantitative estimate of drug-likeness (QED) is 0.313. The molecule has 0 aliphatic carbocycles. The lowest BCUT2D eigenvalue weighted by Gasteiger charge is -2.36. The summed E-state index contributed by atoms with van der Waals surface area (Å²) in [4.78, 5) is 33.7. The van der Waals surface area contributed by atoms with Crippen molar-refractivity contribution < 1.29 is 18.7 Å². The van der Waals surface area contributed by atoms with Gasteiger partial charge in [-0.15, -0.1) is 0 Å². The predicted molar refractivity (Wildman–Crippen MR) is 159 cm³/mol. The molecule has 3 aromatic rings. The number of piperazine rings is 1. The van der Waals surface area contributed by atoms with Gasteiger partial charge in [0.05, 0.1) is 17.7 Å². The number of ether oxygens (including phenoxy) is 1. The molecule has 0 radical (unpaired) electrons. The van der Waals surface area contributed by atoms with Crippen LogP contribution in [0.2, 0.25) is 0 Å². The molecular formula is C31H33FN4O3S. The van der Waals surface area contributed by atoms with Crippen molar-refractivity contribution >= 4 is 41.0 Å². The van der Waals surface area contributed by atoms with Crippen LogP contribution < -0.4 is 19.9 Å². The maximum Gasteiger partial charge on any atom is 0.264 e. The number of carbonyl (C=O) groups is 2. The highest BCUT2D eigenvalue weighted by Gasteiger charge is 2.27. The third kappa shape index (κ3) is 6.48. The predicted octanol–water partition coefficient (Wildman–Crippen LogP) is 4.89. The van der Waals surface area contributed by atoms with E-state index in [0.717, 1.165) is 66.7 Å². The van der Waals surface area contributed by atoms with Crippen LogP contribution >= 0.6 is 11.8 Å². The molecule has 7 nitrogen and oxygen atoms in total. The number of hydrogen-bond acceptors (Lipinski definition) is 6. The minimum atomic E-state index is -0.216. The zero-order valence-electron chi connectivity index (χ0n) is 22.7. The molecule has 1 N–H and O–H groups in total. The number of methoxy groups -OCH3 is 1. The Morgan fingerprint density at radius 2 is 1.75 bits per heavy atom. The molecule has 5 rings (SSSR count). The minimum Gasteiger partial charge on any atom is -0.497 e. The van der Waals surface area contributed by atoms with Gasteiger partial charge in [0.25, 0.3) is 11.8 Å². The molecule has 2 heterocycles. The lowest BCUT2D eigenvalue weighted by molar-refractivity contribution is -0.114. The number of hydrogen-bond donors (Lipinski definition) is 1. The maximum absolute atomic E-state index is 13.2. The second kappa shape index (κ2) is 12.6. The van der Waals surface area contributed by atoms with Gasteiger partial charge < -0.3 is 19.9 Å². The van der Waals surface area contributed by atoms with Gasteiger partial charge in [-0.2, -0.15) is 0 Å². The second-order valence-corrected chi connectivity index (χ2v) is 10.9. The molecule has 0 unspecified atom stereocenters. The monoisotopic (exact) mass is 560 g/mol. The summed E-state index contributed by atoms with van der Waals surface area (Å²) < 4.78 is 18.4. The number of nitrogens with zero attached hydrogens (tertiary/aromatic N) is 3. The van der Waals surface area contributed by atoms with Crippen LogP contribution in [0.4, 0.5) is 15.8 Å². The molecule has 1 fully saturated rings. The number of carbonyl (C=O) groups excluding carboxylic acids is 2. The Hall–Kier alpha value is -3.82. The number of amides is 2. The first kappa shape index (κ1) is 27.7. The van der Waals surface area contributed by atoms with Gasteiger partial charge in [0.2, 0.25) is 0 Å². The topological polar surface area (TPSA) is 65.1 Å². The van der Waals surface area contributed by atoms with Crippen LogP contribution in [-0.4, -0.2) is 70.1 Å². The summed E-state index contributed by atoms with van der Waals surface area (Å²) >= 11 is 1.41. The first-order chi connectivity index (χ1) is 19.4. The summed E-state index contributed by atoms with van der Waals surface area (Å²) in [7, 11) is 3.36. The van der Waals surface area contributed by atoms with Gasteiger partial charge >= 0.3 is 0 Å². The van der Waals surface area contributed by atoms with Gasteiger partial charge in [0.15, 0.2) is 0 Å². The highest BCUT2D eigenvalue weighted by molar-refractivity contribution is 8.04. The van der Waals surface area contributed by atoms with Gasteiger partial charge in [0, 0.05) is 55.9 Å². The normalized spacial score (nSPS) is 16.7. The third-order valence-corrected chi connectivity index (χ3v) is 8.31. The van der Waals surface area contributed by atoms with E-state index >= 15 is 0 Å². The van der Waals surface area contributed by atoms with E-state index in [-0.39, 0.29) is 17.6 Å². The molecule has 0 spiro atoms. The molecule has 3 aromatic carbocycles. The molecule has 9 heteroatoms. The fraction of sp³-hybridized carbons (Fsp3) is 0.290. The molecule has 2 aliphatic rings. The van der Waals surface area contributed by atoms with Crippen molar-refractivity contribution in [1.82, 2.24) is 10.2 Å². The zero-order valence-corrected chi connectivity index (χ0v) is 23.5. The van der Waals surface area contributed by atoms with Crippen molar-refractivity contribution in [2.24, 2.45) is 0 Å². The molecule has 1 saturated heterocycles. The molecule has 40 heavy (non-hydrogen) atoms. The van der Waals surface area contributed by atoms with Crippen molar-refractivity contribution in [3.8, 4) is 5.75 Å². The van der Waals surface area contributed by atoms with Crippen LogP contribution in [0.25, 0.3) is 6.08 Å². The smallest absolute Gasteiger partial charge is 0.264 e. The van der Waals surface area contributed by atoms with Crippen LogP contribution in [0.5, 0.6) is 5.75 Å². The Kier molecular flexibility index (Phi) is 8.72. The Morgan fingerprint density at radius 3 is 2.45 bits per heavy atom. The highest BCUT2D eigenvalue weighted by atomic mass is 32.2. The number of likely N-dealkylation sites (N-methyl/N-ethyl adjacent to an activating group) is 1. The van der Waals surface area contributed by atoms with Crippen LogP contribution in [0.1, 0.15) is 22.3 Å². The van der Waals surface area contributed by atoms with Crippen molar-refractivity contribution in [3.63, 3.8) is 0 Å². The van der Waals surface area contributed by atoms with E-state index in [2.05, 4.69) is 15.1 Å². The van der Waals surface area contributed by atoms with Gasteiger partial charge in [-0.25, -0.2) is 4.39 Å². The molecule has 208 valence electrons. The van der Waals surface area contributed by atoms with Gasteiger partial charge in [0.1, 0.15) is 11.6 Å². The average molecular weight is 561 g/mol. The summed E-state index contributed by atoms with van der Waals surface area (Å²) in [6, 6.07) is 19.7. The van der Waals surface area contributed by atoms with Gasteiger partial charge in [-0.05, 0) is 79.2 Å². The largest absolute Gasteiger partial charge is 0.497 e. The second-order valence-electron chi connectivity index (χ2n) is 9.85. The molecule has 0 bridgehead atoms. The van der Waals surface area contributed by atoms with Crippen molar-refractivity contribution in [3.05, 3.63) is 88.6 Å². The maximum atomic E-state index is 13.2. The highest BCUT2D eigenvalue weighted by Crippen LogP contribution is 2.42. The number of thioether (sulfide) groups is 1. The molecule has 2 aliphatic heterocycles. The summed E-state index contributed by atoms with van der Waals surface area (Å²) in [6.07, 6.45) is 2.72. The Bertz CT molecular complexity index is 1390. The molecule has 0 atom stereocenters. The van der Waals surface area contributed by atoms with Gasteiger partial charge in [-0.3, -0.25) is 14.5 Å². The van der Waals surface area contributed by atoms with E-state index in [1.54, 1.807) is 25.1 Å². The molecule has 2 amide bonds. The fourth-order valence-electron chi connectivity index (χ4n) is 4.87. The average Bonchev–Trinajstić information content (AvgIpc) is 2.99. The lowest BCUT2D eigenvalue weighted by atomic mass is 10.1. The van der Waals surface area contributed by atoms with Crippen LogP contribution in [-0.2, 0) is 4.79 Å². The number of fused-ring (bicyclic) bond motifs is 1. The first-order valence-electron chi connectivity index (χ1n) is 13.4. The van der Waals surface area contributed by atoms with Crippen molar-refractivity contribution in [2.45, 2.75) is 11.3 Å². The fourth-order valence-corrected chi connectivity index (χ4v) is 5.97. The van der Waals surface area contributed by atoms with E-state index in [1.807, 2.05) is 54.6 Å². The number of anilines is 2. The Morgan fingerprint density at radius 1 is 1.02 bits per heavy atom. The number of halogens is 1. The van der Waals surface area contributed by atoms with Crippen molar-refractivity contribution in [2.75, 3.05) is 63.2 Å². The van der Waals surface area contributed by atoms with Crippen LogP contribution in [0.15, 0.2) is 76.5 Å². The minimum absolute atomic E-state index is 0.106. The van der Waals surface area contributed by atoms with E-state index in [4.69, 9.17) is 4.74 Å². The van der Waals surface area contributed by atoms with E-state index in [1.165, 1.54) is 23.9 Å². The van der Waals surface area contributed by atoms with E-state index in [0.29, 0.717) is 17.0 Å². The van der Waals surface area contributed by atoms with Crippen LogP contribution in [0, 0.1) is 5.82 Å².